The summed E-state index contributed by atoms with van der Waals surface area (Å²) in [6, 6.07) is 0. The van der Waals surface area contributed by atoms with Gasteiger partial charge in [0.2, 0.25) is 0 Å². The number of hydrogen-bond donors (Lipinski definition) is 2. The van der Waals surface area contributed by atoms with Crippen LogP contribution in [0.4, 0.5) is 0 Å². The first-order valence-corrected chi connectivity index (χ1v) is 2.96. The second-order valence-corrected chi connectivity index (χ2v) is 1.70. The Morgan fingerprint density at radius 2 is 2.30 bits per heavy atom. The van der Waals surface area contributed by atoms with Gasteiger partial charge >= 0.3 is 0 Å². The van der Waals surface area contributed by atoms with Crippen molar-refractivity contribution in [3.8, 4) is 0 Å². The fourth-order valence-electron chi connectivity index (χ4n) is 0.386. The molecule has 4 nitrogen and oxygen atoms in total. The Morgan fingerprint density at radius 3 is 2.80 bits per heavy atom. The first-order valence-electron chi connectivity index (χ1n) is 2.96. The van der Waals surface area contributed by atoms with E-state index in [2.05, 4.69) is 15.9 Å². The van der Waals surface area contributed by atoms with Gasteiger partial charge in [0.05, 0.1) is 0 Å². The maximum absolute atomic E-state index is 4.76. The zero-order valence-electron chi connectivity index (χ0n) is 6.20. The number of nitrogens with two attached hydrogens (primary N) is 1. The van der Waals surface area contributed by atoms with Gasteiger partial charge < -0.3 is 5.84 Å². The molecule has 4 heteroatoms. The summed E-state index contributed by atoms with van der Waals surface area (Å²) in [6.45, 7) is 3.81. The standard InChI is InChI=1S/C6H12N4/c1-3-4-5-6(2)8-10-9-7/h3-5H,1-2H3,(H2,7,10)(H,8,9)/b4-3-,6-5+. The summed E-state index contributed by atoms with van der Waals surface area (Å²) in [7, 11) is 0. The summed E-state index contributed by atoms with van der Waals surface area (Å²) in [5.74, 6) is 4.76. The summed E-state index contributed by atoms with van der Waals surface area (Å²) in [4.78, 5) is 0. The van der Waals surface area contributed by atoms with Crippen LogP contribution in [0, 0.1) is 0 Å². The van der Waals surface area contributed by atoms with Crippen LogP contribution in [-0.2, 0) is 0 Å². The van der Waals surface area contributed by atoms with Crippen molar-refractivity contribution in [1.29, 1.82) is 0 Å². The molecule has 0 heterocycles. The van der Waals surface area contributed by atoms with Crippen molar-refractivity contribution >= 4 is 0 Å². The van der Waals surface area contributed by atoms with Crippen LogP contribution in [0.3, 0.4) is 0 Å². The monoisotopic (exact) mass is 140 g/mol. The predicted molar refractivity (Wildman–Crippen MR) is 40.8 cm³/mol. The van der Waals surface area contributed by atoms with Crippen LogP contribution in [0.1, 0.15) is 13.8 Å². The molecule has 0 aromatic heterocycles. The first kappa shape index (κ1) is 8.68. The Labute approximate surface area is 60.5 Å². The quantitative estimate of drug-likeness (QED) is 0.268. The van der Waals surface area contributed by atoms with E-state index in [1.165, 1.54) is 0 Å². The summed E-state index contributed by atoms with van der Waals surface area (Å²) in [5.41, 5.74) is 3.51. The van der Waals surface area contributed by atoms with Crippen molar-refractivity contribution in [3.63, 3.8) is 0 Å². The first-order chi connectivity index (χ1) is 4.81. The van der Waals surface area contributed by atoms with Crippen molar-refractivity contribution in [3.05, 3.63) is 23.9 Å². The fourth-order valence-corrected chi connectivity index (χ4v) is 0.386. The largest absolute Gasteiger partial charge is 0.303 e. The number of nitrogens with one attached hydrogen (secondary N) is 1. The van der Waals surface area contributed by atoms with Gasteiger partial charge in [-0.15, -0.1) is 0 Å². The summed E-state index contributed by atoms with van der Waals surface area (Å²) in [6.07, 6.45) is 5.69. The zero-order chi connectivity index (χ0) is 7.82. The number of allylic oxidation sites excluding steroid dienone is 4. The van der Waals surface area contributed by atoms with E-state index in [0.29, 0.717) is 0 Å². The molecule has 0 aliphatic heterocycles. The smallest absolute Gasteiger partial charge is 0.0322 e. The SMILES string of the molecule is C/C=C\C=C(/C)N/N=N\N. The van der Waals surface area contributed by atoms with Crippen LogP contribution in [-0.4, -0.2) is 0 Å². The minimum Gasteiger partial charge on any atom is -0.303 e. The zero-order valence-corrected chi connectivity index (χ0v) is 6.20. The summed E-state index contributed by atoms with van der Waals surface area (Å²) in [5, 5.41) is 6.41. The Kier molecular flexibility index (Phi) is 5.04. The molecule has 0 unspecified atom stereocenters. The van der Waals surface area contributed by atoms with Crippen molar-refractivity contribution < 1.29 is 0 Å². The Bertz CT molecular complexity index is 157. The summed E-state index contributed by atoms with van der Waals surface area (Å²) < 4.78 is 0. The Morgan fingerprint density at radius 1 is 1.60 bits per heavy atom. The van der Waals surface area contributed by atoms with Crippen LogP contribution >= 0.6 is 0 Å². The van der Waals surface area contributed by atoms with Gasteiger partial charge in [-0.3, -0.25) is 5.43 Å². The molecular weight excluding hydrogens is 128 g/mol. The topological polar surface area (TPSA) is 62.8 Å². The van der Waals surface area contributed by atoms with Gasteiger partial charge in [0.1, 0.15) is 0 Å². The van der Waals surface area contributed by atoms with Crippen LogP contribution < -0.4 is 11.3 Å². The van der Waals surface area contributed by atoms with Crippen molar-refractivity contribution in [2.45, 2.75) is 13.8 Å². The molecule has 0 aliphatic carbocycles. The fraction of sp³-hybridized carbons (Fsp3) is 0.333. The van der Waals surface area contributed by atoms with Crippen LogP contribution in [0.2, 0.25) is 0 Å². The minimum absolute atomic E-state index is 0.896. The van der Waals surface area contributed by atoms with E-state index in [4.69, 9.17) is 5.84 Å². The van der Waals surface area contributed by atoms with E-state index >= 15 is 0 Å². The molecule has 0 amide bonds. The van der Waals surface area contributed by atoms with E-state index in [1.807, 2.05) is 32.1 Å². The molecule has 3 N–H and O–H groups in total. The van der Waals surface area contributed by atoms with Gasteiger partial charge in [-0.2, -0.15) is 0 Å². The number of nitrogens with zero attached hydrogens (tertiary/aromatic N) is 2. The van der Waals surface area contributed by atoms with E-state index in [9.17, 15) is 0 Å². The van der Waals surface area contributed by atoms with Gasteiger partial charge in [0.25, 0.3) is 0 Å². The lowest BCUT2D eigenvalue weighted by molar-refractivity contribution is 0.779. The van der Waals surface area contributed by atoms with E-state index in [-0.39, 0.29) is 0 Å². The molecule has 10 heavy (non-hydrogen) atoms. The van der Waals surface area contributed by atoms with Gasteiger partial charge in [-0.05, 0) is 19.9 Å². The highest BCUT2D eigenvalue weighted by molar-refractivity contribution is 5.07. The van der Waals surface area contributed by atoms with Gasteiger partial charge in [0, 0.05) is 5.70 Å². The van der Waals surface area contributed by atoms with Gasteiger partial charge in [-0.1, -0.05) is 22.6 Å². The second-order valence-electron chi connectivity index (χ2n) is 1.70. The molecule has 0 atom stereocenters. The van der Waals surface area contributed by atoms with Crippen molar-refractivity contribution in [2.75, 3.05) is 0 Å². The molecule has 0 aliphatic rings. The van der Waals surface area contributed by atoms with Crippen LogP contribution in [0.15, 0.2) is 34.4 Å². The third-order valence-corrected chi connectivity index (χ3v) is 0.823. The highest BCUT2D eigenvalue weighted by Gasteiger charge is 1.78. The van der Waals surface area contributed by atoms with Gasteiger partial charge in [0.15, 0.2) is 0 Å². The average Bonchev–Trinajstić information content (AvgIpc) is 1.97. The normalized spacial score (nSPS) is 13.2. The molecule has 0 aromatic carbocycles. The van der Waals surface area contributed by atoms with E-state index in [1.54, 1.807) is 0 Å². The minimum atomic E-state index is 0.896. The molecule has 0 fully saturated rings. The number of hydrogen-bond acceptors (Lipinski definition) is 2. The number of rotatable bonds is 3. The predicted octanol–water partition coefficient (Wildman–Crippen LogP) is 1.30. The Balaban J connectivity index is 3.70. The average molecular weight is 140 g/mol. The molecule has 0 aromatic rings. The molecule has 0 spiro atoms. The molecule has 56 valence electrons. The molecular formula is C6H12N4. The Hall–Kier alpha value is -1.32. The molecule has 0 bridgehead atoms. The van der Waals surface area contributed by atoms with Crippen molar-refractivity contribution in [1.82, 2.24) is 5.43 Å². The van der Waals surface area contributed by atoms with Crippen LogP contribution in [0.5, 0.6) is 0 Å². The lowest BCUT2D eigenvalue weighted by atomic mass is 10.4. The maximum atomic E-state index is 4.76. The van der Waals surface area contributed by atoms with E-state index in [0.717, 1.165) is 5.70 Å². The molecule has 0 saturated heterocycles. The summed E-state index contributed by atoms with van der Waals surface area (Å²) >= 11 is 0. The lowest BCUT2D eigenvalue weighted by Gasteiger charge is -1.92. The molecule has 0 radical (unpaired) electrons. The van der Waals surface area contributed by atoms with E-state index < -0.39 is 0 Å². The third-order valence-electron chi connectivity index (χ3n) is 0.823. The lowest BCUT2D eigenvalue weighted by Crippen LogP contribution is -2.00. The highest BCUT2D eigenvalue weighted by atomic mass is 15.5. The maximum Gasteiger partial charge on any atom is 0.0322 e. The third kappa shape index (κ3) is 4.83. The molecule has 0 rings (SSSR count). The second kappa shape index (κ2) is 5.81. The highest BCUT2D eigenvalue weighted by Crippen LogP contribution is 1.86. The van der Waals surface area contributed by atoms with Crippen LogP contribution in [0.25, 0.3) is 0 Å². The van der Waals surface area contributed by atoms with Gasteiger partial charge in [-0.25, -0.2) is 0 Å². The molecule has 0 saturated carbocycles. The van der Waals surface area contributed by atoms with Crippen molar-refractivity contribution in [2.24, 2.45) is 16.3 Å².